The number of thiazole rings is 1. The predicted octanol–water partition coefficient (Wildman–Crippen LogP) is 5.44. The number of hydrogen-bond donors (Lipinski definition) is 0. The van der Waals surface area contributed by atoms with Gasteiger partial charge in [-0.15, -0.1) is 11.3 Å². The summed E-state index contributed by atoms with van der Waals surface area (Å²) in [5.41, 5.74) is 2.62. The highest BCUT2D eigenvalue weighted by molar-refractivity contribution is 7.21. The van der Waals surface area contributed by atoms with Crippen molar-refractivity contribution in [3.63, 3.8) is 0 Å². The Morgan fingerprint density at radius 1 is 1.08 bits per heavy atom. The monoisotopic (exact) mass is 336 g/mol. The SMILES string of the molecule is Cc1ccc([N+](=O)[O-])cc1-c1ccc(-c2nc3ccccc3s2)o1. The van der Waals surface area contributed by atoms with Gasteiger partial charge in [0.15, 0.2) is 10.8 Å². The van der Waals surface area contributed by atoms with Crippen LogP contribution in [0.2, 0.25) is 0 Å². The summed E-state index contributed by atoms with van der Waals surface area (Å²) < 4.78 is 7.02. The molecular weight excluding hydrogens is 324 g/mol. The number of nitro benzene ring substituents is 1. The molecule has 0 saturated carbocycles. The van der Waals surface area contributed by atoms with E-state index in [9.17, 15) is 10.1 Å². The van der Waals surface area contributed by atoms with Crippen molar-refractivity contribution >= 4 is 27.2 Å². The van der Waals surface area contributed by atoms with Crippen LogP contribution in [0.5, 0.6) is 0 Å². The van der Waals surface area contributed by atoms with Gasteiger partial charge in [0.25, 0.3) is 5.69 Å². The number of benzene rings is 2. The van der Waals surface area contributed by atoms with Crippen LogP contribution in [0, 0.1) is 17.0 Å². The van der Waals surface area contributed by atoms with Gasteiger partial charge in [0.1, 0.15) is 5.76 Å². The van der Waals surface area contributed by atoms with Crippen molar-refractivity contribution in [2.75, 3.05) is 0 Å². The number of rotatable bonds is 3. The van der Waals surface area contributed by atoms with Crippen molar-refractivity contribution in [2.24, 2.45) is 0 Å². The predicted molar refractivity (Wildman–Crippen MR) is 94.1 cm³/mol. The van der Waals surface area contributed by atoms with Crippen LogP contribution in [-0.4, -0.2) is 9.91 Å². The Bertz CT molecular complexity index is 1030. The van der Waals surface area contributed by atoms with Gasteiger partial charge < -0.3 is 4.42 Å². The Kier molecular flexibility index (Phi) is 3.39. The number of nitrogens with zero attached hydrogens (tertiary/aromatic N) is 2. The first kappa shape index (κ1) is 14.6. The molecule has 4 rings (SSSR count). The lowest BCUT2D eigenvalue weighted by molar-refractivity contribution is -0.384. The third-order valence-electron chi connectivity index (χ3n) is 3.81. The molecule has 2 aromatic carbocycles. The zero-order chi connectivity index (χ0) is 16.7. The zero-order valence-electron chi connectivity index (χ0n) is 12.7. The molecule has 0 amide bonds. The minimum absolute atomic E-state index is 0.0496. The second-order valence-corrected chi connectivity index (χ2v) is 6.44. The summed E-state index contributed by atoms with van der Waals surface area (Å²) in [7, 11) is 0. The van der Waals surface area contributed by atoms with Gasteiger partial charge in [-0.05, 0) is 36.8 Å². The molecule has 0 aliphatic carbocycles. The molecule has 0 radical (unpaired) electrons. The van der Waals surface area contributed by atoms with Gasteiger partial charge in [-0.25, -0.2) is 4.98 Å². The van der Waals surface area contributed by atoms with E-state index in [1.54, 1.807) is 17.4 Å². The summed E-state index contributed by atoms with van der Waals surface area (Å²) in [6, 6.07) is 16.4. The van der Waals surface area contributed by atoms with Crippen LogP contribution in [0.4, 0.5) is 5.69 Å². The fourth-order valence-corrected chi connectivity index (χ4v) is 3.49. The van der Waals surface area contributed by atoms with Gasteiger partial charge in [0.2, 0.25) is 0 Å². The van der Waals surface area contributed by atoms with Crippen LogP contribution < -0.4 is 0 Å². The molecule has 4 aromatic rings. The molecule has 0 aliphatic rings. The Hall–Kier alpha value is -2.99. The first-order valence-corrected chi connectivity index (χ1v) is 8.15. The average molecular weight is 336 g/mol. The third kappa shape index (κ3) is 2.47. The number of hydrogen-bond acceptors (Lipinski definition) is 5. The maximum atomic E-state index is 11.0. The normalized spacial score (nSPS) is 11.0. The molecule has 0 spiro atoms. The lowest BCUT2D eigenvalue weighted by Crippen LogP contribution is -1.89. The Labute approximate surface area is 141 Å². The van der Waals surface area contributed by atoms with Gasteiger partial charge in [-0.1, -0.05) is 18.2 Å². The molecule has 6 heteroatoms. The molecule has 0 unspecified atom stereocenters. The molecule has 118 valence electrons. The van der Waals surface area contributed by atoms with Crippen LogP contribution in [-0.2, 0) is 0 Å². The van der Waals surface area contributed by atoms with Crippen molar-refractivity contribution in [1.82, 2.24) is 4.98 Å². The molecule has 0 saturated heterocycles. The van der Waals surface area contributed by atoms with Crippen molar-refractivity contribution in [3.05, 3.63) is 70.3 Å². The molecule has 0 aliphatic heterocycles. The molecule has 0 fully saturated rings. The number of aromatic nitrogens is 1. The topological polar surface area (TPSA) is 69.2 Å². The molecule has 0 bridgehead atoms. The van der Waals surface area contributed by atoms with Crippen LogP contribution >= 0.6 is 11.3 Å². The lowest BCUT2D eigenvalue weighted by atomic mass is 10.1. The van der Waals surface area contributed by atoms with E-state index in [-0.39, 0.29) is 5.69 Å². The summed E-state index contributed by atoms with van der Waals surface area (Å²) in [6.45, 7) is 1.90. The van der Waals surface area contributed by atoms with Gasteiger partial charge in [-0.2, -0.15) is 0 Å². The van der Waals surface area contributed by atoms with Gasteiger partial charge in [0.05, 0.1) is 15.1 Å². The molecular formula is C18H12N2O3S. The fraction of sp³-hybridized carbons (Fsp3) is 0.0556. The van der Waals surface area contributed by atoms with Crippen molar-refractivity contribution < 1.29 is 9.34 Å². The summed E-state index contributed by atoms with van der Waals surface area (Å²) in [6.07, 6.45) is 0. The minimum atomic E-state index is -0.402. The van der Waals surface area contributed by atoms with Crippen LogP contribution in [0.25, 0.3) is 32.3 Å². The number of para-hydroxylation sites is 1. The number of aryl methyl sites for hydroxylation is 1. The highest BCUT2D eigenvalue weighted by atomic mass is 32.1. The maximum absolute atomic E-state index is 11.0. The highest BCUT2D eigenvalue weighted by Crippen LogP contribution is 2.35. The quantitative estimate of drug-likeness (QED) is 0.369. The Morgan fingerprint density at radius 2 is 1.88 bits per heavy atom. The minimum Gasteiger partial charge on any atom is -0.454 e. The van der Waals surface area contributed by atoms with E-state index in [4.69, 9.17) is 4.42 Å². The number of furan rings is 1. The van der Waals surface area contributed by atoms with Crippen LogP contribution in [0.3, 0.4) is 0 Å². The maximum Gasteiger partial charge on any atom is 0.270 e. The van der Waals surface area contributed by atoms with E-state index in [0.717, 1.165) is 26.4 Å². The van der Waals surface area contributed by atoms with E-state index in [0.29, 0.717) is 11.5 Å². The average Bonchev–Trinajstić information content (AvgIpc) is 3.21. The molecule has 2 aromatic heterocycles. The van der Waals surface area contributed by atoms with E-state index in [2.05, 4.69) is 4.98 Å². The molecule has 2 heterocycles. The van der Waals surface area contributed by atoms with E-state index in [1.807, 2.05) is 43.3 Å². The Morgan fingerprint density at radius 3 is 2.67 bits per heavy atom. The van der Waals surface area contributed by atoms with E-state index < -0.39 is 4.92 Å². The number of fused-ring (bicyclic) bond motifs is 1. The van der Waals surface area contributed by atoms with E-state index >= 15 is 0 Å². The van der Waals surface area contributed by atoms with Gasteiger partial charge in [0, 0.05) is 17.7 Å². The molecule has 5 nitrogen and oxygen atoms in total. The number of nitro groups is 1. The van der Waals surface area contributed by atoms with Gasteiger partial charge >= 0.3 is 0 Å². The van der Waals surface area contributed by atoms with E-state index in [1.165, 1.54) is 12.1 Å². The fourth-order valence-electron chi connectivity index (χ4n) is 2.56. The smallest absolute Gasteiger partial charge is 0.270 e. The summed E-state index contributed by atoms with van der Waals surface area (Å²) >= 11 is 1.56. The third-order valence-corrected chi connectivity index (χ3v) is 4.86. The summed E-state index contributed by atoms with van der Waals surface area (Å²) in [5.74, 6) is 1.27. The second kappa shape index (κ2) is 5.58. The van der Waals surface area contributed by atoms with Crippen LogP contribution in [0.1, 0.15) is 5.56 Å². The summed E-state index contributed by atoms with van der Waals surface area (Å²) in [4.78, 5) is 15.2. The van der Waals surface area contributed by atoms with Crippen molar-refractivity contribution in [3.8, 4) is 22.1 Å². The van der Waals surface area contributed by atoms with Gasteiger partial charge in [-0.3, -0.25) is 10.1 Å². The molecule has 0 atom stereocenters. The largest absolute Gasteiger partial charge is 0.454 e. The molecule has 24 heavy (non-hydrogen) atoms. The zero-order valence-corrected chi connectivity index (χ0v) is 13.5. The second-order valence-electron chi connectivity index (χ2n) is 5.41. The Balaban J connectivity index is 1.77. The van der Waals surface area contributed by atoms with Crippen molar-refractivity contribution in [2.45, 2.75) is 6.92 Å². The standard InChI is InChI=1S/C18H12N2O3S/c1-11-6-7-12(20(21)22)10-13(11)15-8-9-16(23-15)18-19-14-4-2-3-5-17(14)24-18/h2-10H,1H3. The first-order chi connectivity index (χ1) is 11.6. The summed E-state index contributed by atoms with van der Waals surface area (Å²) in [5, 5.41) is 11.8. The number of non-ortho nitro benzene ring substituents is 1. The lowest BCUT2D eigenvalue weighted by Gasteiger charge is -2.02. The highest BCUT2D eigenvalue weighted by Gasteiger charge is 2.15. The molecule has 0 N–H and O–H groups in total. The first-order valence-electron chi connectivity index (χ1n) is 7.33. The van der Waals surface area contributed by atoms with Crippen LogP contribution in [0.15, 0.2) is 59.0 Å². The van der Waals surface area contributed by atoms with Crippen molar-refractivity contribution in [1.29, 1.82) is 0 Å².